The molecule has 0 heterocycles. The Morgan fingerprint density at radius 3 is 2.21 bits per heavy atom. The molecule has 0 aliphatic carbocycles. The van der Waals surface area contributed by atoms with Gasteiger partial charge in [-0.1, -0.05) is 18.2 Å². The molecule has 0 radical (unpaired) electrons. The Bertz CT molecular complexity index is 1070. The van der Waals surface area contributed by atoms with Crippen molar-refractivity contribution in [3.63, 3.8) is 0 Å². The molecule has 0 spiro atoms. The van der Waals surface area contributed by atoms with Crippen molar-refractivity contribution in [1.29, 1.82) is 0 Å². The Morgan fingerprint density at radius 1 is 1.03 bits per heavy atom. The molecule has 0 saturated heterocycles. The molecule has 2 aromatic carbocycles. The molecule has 33 heavy (non-hydrogen) atoms. The fourth-order valence-corrected chi connectivity index (χ4v) is 4.09. The molecule has 2 aromatic rings. The van der Waals surface area contributed by atoms with E-state index in [4.69, 9.17) is 9.47 Å². The van der Waals surface area contributed by atoms with Gasteiger partial charge in [0.05, 0.1) is 26.2 Å². The first-order valence-electron chi connectivity index (χ1n) is 10.4. The van der Waals surface area contributed by atoms with Crippen LogP contribution in [0.4, 0.5) is 5.69 Å². The first-order chi connectivity index (χ1) is 15.6. The van der Waals surface area contributed by atoms with Crippen LogP contribution < -0.4 is 19.1 Å². The zero-order valence-electron chi connectivity index (χ0n) is 19.6. The summed E-state index contributed by atoms with van der Waals surface area (Å²) in [5.41, 5.74) is 1.03. The first kappa shape index (κ1) is 26.0. The van der Waals surface area contributed by atoms with Gasteiger partial charge in [-0.25, -0.2) is 8.42 Å². The van der Waals surface area contributed by atoms with Gasteiger partial charge >= 0.3 is 0 Å². The molecule has 1 atom stereocenters. The van der Waals surface area contributed by atoms with E-state index in [9.17, 15) is 18.0 Å². The number of likely N-dealkylation sites (N-methyl/N-ethyl adjacent to an activating group) is 1. The van der Waals surface area contributed by atoms with E-state index in [0.29, 0.717) is 18.0 Å². The van der Waals surface area contributed by atoms with Crippen LogP contribution in [0.5, 0.6) is 11.5 Å². The lowest BCUT2D eigenvalue weighted by molar-refractivity contribution is -0.139. The second-order valence-electron chi connectivity index (χ2n) is 7.41. The van der Waals surface area contributed by atoms with Crippen LogP contribution in [-0.2, 0) is 26.2 Å². The molecule has 0 fully saturated rings. The highest BCUT2D eigenvalue weighted by molar-refractivity contribution is 7.92. The number of benzene rings is 2. The van der Waals surface area contributed by atoms with Gasteiger partial charge in [0, 0.05) is 19.2 Å². The maximum absolute atomic E-state index is 13.4. The smallest absolute Gasteiger partial charge is 0.244 e. The molecular weight excluding hydrogens is 446 g/mol. The summed E-state index contributed by atoms with van der Waals surface area (Å²) in [5, 5.41) is 2.71. The molecule has 180 valence electrons. The number of anilines is 1. The van der Waals surface area contributed by atoms with Crippen LogP contribution in [0.2, 0.25) is 0 Å². The SMILES string of the molecule is CCNC(=O)C(C)N(Cc1cccc(OC)c1)C(=O)CN(c1cccc(OC)c1)S(C)(=O)=O. The van der Waals surface area contributed by atoms with E-state index in [-0.39, 0.29) is 18.1 Å². The number of sulfonamides is 1. The Balaban J connectivity index is 2.40. The molecule has 0 aliphatic rings. The summed E-state index contributed by atoms with van der Waals surface area (Å²) < 4.78 is 36.5. The van der Waals surface area contributed by atoms with Crippen LogP contribution in [0.25, 0.3) is 0 Å². The van der Waals surface area contributed by atoms with Gasteiger partial charge in [0.2, 0.25) is 21.8 Å². The predicted octanol–water partition coefficient (Wildman–Crippen LogP) is 2.02. The minimum atomic E-state index is -3.80. The summed E-state index contributed by atoms with van der Waals surface area (Å²) >= 11 is 0. The topological polar surface area (TPSA) is 105 Å². The van der Waals surface area contributed by atoms with Crippen molar-refractivity contribution in [1.82, 2.24) is 10.2 Å². The third-order valence-electron chi connectivity index (χ3n) is 5.03. The normalized spacial score (nSPS) is 11.9. The van der Waals surface area contributed by atoms with Crippen molar-refractivity contribution in [3.8, 4) is 11.5 Å². The number of ether oxygens (including phenoxy) is 2. The second-order valence-corrected chi connectivity index (χ2v) is 9.32. The quantitative estimate of drug-likeness (QED) is 0.531. The van der Waals surface area contributed by atoms with Crippen molar-refractivity contribution >= 4 is 27.5 Å². The molecule has 1 N–H and O–H groups in total. The van der Waals surface area contributed by atoms with Gasteiger partial charge in [0.25, 0.3) is 0 Å². The van der Waals surface area contributed by atoms with Crippen molar-refractivity contribution in [2.75, 3.05) is 37.9 Å². The number of nitrogens with one attached hydrogen (secondary N) is 1. The number of rotatable bonds is 11. The molecule has 2 rings (SSSR count). The molecule has 0 aromatic heterocycles. The lowest BCUT2D eigenvalue weighted by atomic mass is 10.1. The monoisotopic (exact) mass is 477 g/mol. The first-order valence-corrected chi connectivity index (χ1v) is 12.3. The zero-order valence-corrected chi connectivity index (χ0v) is 20.4. The largest absolute Gasteiger partial charge is 0.497 e. The molecule has 0 bridgehead atoms. The molecule has 0 saturated carbocycles. The lowest BCUT2D eigenvalue weighted by Crippen LogP contribution is -2.51. The highest BCUT2D eigenvalue weighted by atomic mass is 32.2. The number of amides is 2. The number of nitrogens with zero attached hydrogens (tertiary/aromatic N) is 2. The van der Waals surface area contributed by atoms with Crippen LogP contribution in [-0.4, -0.2) is 64.7 Å². The molecule has 9 nitrogen and oxygen atoms in total. The van der Waals surface area contributed by atoms with Gasteiger partial charge in [0.15, 0.2) is 0 Å². The highest BCUT2D eigenvalue weighted by Gasteiger charge is 2.30. The summed E-state index contributed by atoms with van der Waals surface area (Å²) in [5.74, 6) is 0.211. The van der Waals surface area contributed by atoms with E-state index in [1.807, 2.05) is 6.07 Å². The number of hydrogen-bond donors (Lipinski definition) is 1. The Morgan fingerprint density at radius 2 is 1.64 bits per heavy atom. The minimum absolute atomic E-state index is 0.101. The van der Waals surface area contributed by atoms with Crippen molar-refractivity contribution in [2.45, 2.75) is 26.4 Å². The number of carbonyl (C=O) groups is 2. The molecule has 10 heteroatoms. The van der Waals surface area contributed by atoms with E-state index >= 15 is 0 Å². The molecular formula is C23H31N3O6S. The molecule has 1 unspecified atom stereocenters. The average Bonchev–Trinajstić information content (AvgIpc) is 2.79. The van der Waals surface area contributed by atoms with Gasteiger partial charge in [-0.05, 0) is 43.7 Å². The van der Waals surface area contributed by atoms with E-state index < -0.39 is 28.5 Å². The molecule has 2 amide bonds. The van der Waals surface area contributed by atoms with Crippen molar-refractivity contribution in [3.05, 3.63) is 54.1 Å². The summed E-state index contributed by atoms with van der Waals surface area (Å²) in [6, 6.07) is 12.7. The predicted molar refractivity (Wildman–Crippen MR) is 127 cm³/mol. The van der Waals surface area contributed by atoms with Crippen molar-refractivity contribution in [2.24, 2.45) is 0 Å². The van der Waals surface area contributed by atoms with Crippen LogP contribution in [0.15, 0.2) is 48.5 Å². The van der Waals surface area contributed by atoms with Crippen LogP contribution in [0, 0.1) is 0 Å². The van der Waals surface area contributed by atoms with E-state index in [1.54, 1.807) is 50.2 Å². The van der Waals surface area contributed by atoms with E-state index in [0.717, 1.165) is 16.1 Å². The summed E-state index contributed by atoms with van der Waals surface area (Å²) in [6.07, 6.45) is 1.03. The van der Waals surface area contributed by atoms with Gasteiger partial charge < -0.3 is 19.7 Å². The van der Waals surface area contributed by atoms with Gasteiger partial charge in [0.1, 0.15) is 24.1 Å². The molecule has 0 aliphatic heterocycles. The third-order valence-corrected chi connectivity index (χ3v) is 6.17. The summed E-state index contributed by atoms with van der Waals surface area (Å²) in [7, 11) is -0.791. The minimum Gasteiger partial charge on any atom is -0.497 e. The van der Waals surface area contributed by atoms with Crippen LogP contribution >= 0.6 is 0 Å². The van der Waals surface area contributed by atoms with Crippen LogP contribution in [0.1, 0.15) is 19.4 Å². The standard InChI is InChI=1S/C23H31N3O6S/c1-6-24-23(28)17(2)25(15-18-9-7-11-20(13-18)31-3)22(27)16-26(33(5,29)30)19-10-8-12-21(14-19)32-4/h7-14,17H,6,15-16H2,1-5H3,(H,24,28). The van der Waals surface area contributed by atoms with E-state index in [1.165, 1.54) is 25.2 Å². The Labute approximate surface area is 195 Å². The van der Waals surface area contributed by atoms with Gasteiger partial charge in [-0.3, -0.25) is 13.9 Å². The number of carbonyl (C=O) groups excluding carboxylic acids is 2. The fraction of sp³-hybridized carbons (Fsp3) is 0.391. The maximum Gasteiger partial charge on any atom is 0.244 e. The zero-order chi connectivity index (χ0) is 24.6. The lowest BCUT2D eigenvalue weighted by Gasteiger charge is -2.31. The summed E-state index contributed by atoms with van der Waals surface area (Å²) in [6.45, 7) is 3.43. The highest BCUT2D eigenvalue weighted by Crippen LogP contribution is 2.24. The maximum atomic E-state index is 13.4. The van der Waals surface area contributed by atoms with Crippen LogP contribution in [0.3, 0.4) is 0 Å². The third kappa shape index (κ3) is 7.11. The van der Waals surface area contributed by atoms with Gasteiger partial charge in [-0.2, -0.15) is 0 Å². The Kier molecular flexibility index (Phi) is 9.10. The summed E-state index contributed by atoms with van der Waals surface area (Å²) in [4.78, 5) is 27.3. The number of hydrogen-bond acceptors (Lipinski definition) is 6. The average molecular weight is 478 g/mol. The van der Waals surface area contributed by atoms with Gasteiger partial charge in [-0.15, -0.1) is 0 Å². The number of methoxy groups -OCH3 is 2. The second kappa shape index (κ2) is 11.6. The van der Waals surface area contributed by atoms with Crippen molar-refractivity contribution < 1.29 is 27.5 Å². The Hall–Kier alpha value is -3.27. The van der Waals surface area contributed by atoms with E-state index in [2.05, 4.69) is 5.32 Å². The fourth-order valence-electron chi connectivity index (χ4n) is 3.25.